The zero-order valence-electron chi connectivity index (χ0n) is 34.5. The molecule has 298 valence electrons. The Morgan fingerprint density at radius 1 is 0.328 bits per heavy atom. The monoisotopic (exact) mass is 816 g/mol. The number of hydrogen-bond acceptors (Lipinski definition) is 3. The van der Waals surface area contributed by atoms with Gasteiger partial charge in [-0.05, 0) is 58.1 Å². The van der Waals surface area contributed by atoms with Crippen LogP contribution >= 0.6 is 0 Å². The number of nitrogens with zero attached hydrogens (tertiary/aromatic N) is 6. The number of rotatable bonds is 5. The highest BCUT2D eigenvalue weighted by Gasteiger charge is 2.34. The molecule has 13 aromatic rings. The minimum absolute atomic E-state index is 0.0135. The van der Waals surface area contributed by atoms with Crippen molar-refractivity contribution in [3.05, 3.63) is 229 Å². The van der Waals surface area contributed by atoms with Crippen LogP contribution in [0.1, 0.15) is 22.6 Å². The Kier molecular flexibility index (Phi) is 7.36. The first-order valence-corrected chi connectivity index (χ1v) is 21.8. The molecule has 0 bridgehead atoms. The molecule has 6 heteroatoms. The predicted molar refractivity (Wildman–Crippen MR) is 261 cm³/mol. The average Bonchev–Trinajstić information content (AvgIpc) is 4.10. The first kappa shape index (κ1) is 35.0. The minimum Gasteiger partial charge on any atom is -0.307 e. The van der Waals surface area contributed by atoms with E-state index in [1.54, 1.807) is 0 Å². The van der Waals surface area contributed by atoms with Crippen LogP contribution in [0.5, 0.6) is 0 Å². The fourth-order valence-electron chi connectivity index (χ4n) is 10.8. The number of aromatic nitrogens is 6. The maximum atomic E-state index is 5.67. The molecule has 0 amide bonds. The molecular weight excluding hydrogens is 781 g/mol. The quantitative estimate of drug-likeness (QED) is 0.174. The Bertz CT molecular complexity index is 4010. The Labute approximate surface area is 367 Å². The molecule has 0 spiro atoms. The number of para-hydroxylation sites is 4. The third-order valence-corrected chi connectivity index (χ3v) is 13.4. The van der Waals surface area contributed by atoms with Gasteiger partial charge in [0.1, 0.15) is 0 Å². The van der Waals surface area contributed by atoms with Crippen LogP contribution in [0.4, 0.5) is 0 Å². The zero-order chi connectivity index (χ0) is 41.9. The van der Waals surface area contributed by atoms with Crippen molar-refractivity contribution in [2.45, 2.75) is 5.92 Å². The van der Waals surface area contributed by atoms with Crippen LogP contribution in [-0.4, -0.2) is 28.7 Å². The topological polar surface area (TPSA) is 53.5 Å². The van der Waals surface area contributed by atoms with Gasteiger partial charge in [0.25, 0.3) is 0 Å². The van der Waals surface area contributed by atoms with E-state index in [1.165, 1.54) is 33.2 Å². The van der Waals surface area contributed by atoms with Gasteiger partial charge in [0.15, 0.2) is 5.82 Å². The molecule has 0 radical (unpaired) electrons. The smallest absolute Gasteiger partial charge is 0.240 e. The molecule has 0 aliphatic heterocycles. The molecule has 64 heavy (non-hydrogen) atoms. The van der Waals surface area contributed by atoms with Crippen molar-refractivity contribution < 1.29 is 0 Å². The summed E-state index contributed by atoms with van der Waals surface area (Å²) in [7, 11) is 0. The van der Waals surface area contributed by atoms with E-state index in [-0.39, 0.29) is 5.92 Å². The van der Waals surface area contributed by atoms with E-state index in [4.69, 9.17) is 15.0 Å². The normalized spacial score (nSPS) is 13.5. The van der Waals surface area contributed by atoms with Crippen LogP contribution in [-0.2, 0) is 0 Å². The maximum absolute atomic E-state index is 5.67. The molecule has 1 aliphatic rings. The van der Waals surface area contributed by atoms with Gasteiger partial charge in [0.2, 0.25) is 11.9 Å². The van der Waals surface area contributed by atoms with E-state index in [0.717, 1.165) is 71.3 Å². The summed E-state index contributed by atoms with van der Waals surface area (Å²) in [5, 5.41) is 6.93. The lowest BCUT2D eigenvalue weighted by molar-refractivity contribution is 0.889. The van der Waals surface area contributed by atoms with Crippen LogP contribution in [0.25, 0.3) is 106 Å². The Hall–Kier alpha value is -8.61. The second-order valence-electron chi connectivity index (χ2n) is 16.7. The van der Waals surface area contributed by atoms with Crippen molar-refractivity contribution >= 4 is 65.4 Å². The van der Waals surface area contributed by atoms with Gasteiger partial charge in [0.05, 0.1) is 33.1 Å². The first-order valence-electron chi connectivity index (χ1n) is 21.8. The summed E-state index contributed by atoms with van der Waals surface area (Å²) >= 11 is 0. The summed E-state index contributed by atoms with van der Waals surface area (Å²) in [5.74, 6) is 1.73. The molecule has 1 unspecified atom stereocenters. The van der Waals surface area contributed by atoms with Gasteiger partial charge < -0.3 is 4.57 Å². The molecule has 1 aliphatic carbocycles. The molecule has 0 saturated heterocycles. The van der Waals surface area contributed by atoms with Gasteiger partial charge in [-0.25, -0.2) is 0 Å². The van der Waals surface area contributed by atoms with Gasteiger partial charge in [-0.1, -0.05) is 182 Å². The summed E-state index contributed by atoms with van der Waals surface area (Å²) in [6, 6.07) is 76.0. The molecule has 0 saturated carbocycles. The van der Waals surface area contributed by atoms with Gasteiger partial charge in [-0.3, -0.25) is 9.13 Å². The van der Waals surface area contributed by atoms with E-state index in [0.29, 0.717) is 17.7 Å². The van der Waals surface area contributed by atoms with E-state index < -0.39 is 0 Å². The maximum Gasteiger partial charge on any atom is 0.240 e. The largest absolute Gasteiger partial charge is 0.307 e. The van der Waals surface area contributed by atoms with Crippen molar-refractivity contribution in [2.24, 2.45) is 0 Å². The molecule has 6 nitrogen and oxygen atoms in total. The van der Waals surface area contributed by atoms with Crippen LogP contribution in [0.15, 0.2) is 212 Å². The second kappa shape index (κ2) is 13.4. The average molecular weight is 817 g/mol. The van der Waals surface area contributed by atoms with Crippen LogP contribution in [0.2, 0.25) is 0 Å². The van der Waals surface area contributed by atoms with Crippen LogP contribution in [0.3, 0.4) is 0 Å². The van der Waals surface area contributed by atoms with Crippen LogP contribution in [0, 0.1) is 0 Å². The summed E-state index contributed by atoms with van der Waals surface area (Å²) in [5.41, 5.74) is 14.8. The lowest BCUT2D eigenvalue weighted by Gasteiger charge is -2.18. The van der Waals surface area contributed by atoms with E-state index in [1.807, 2.05) is 6.07 Å². The molecule has 0 N–H and O–H groups in total. The van der Waals surface area contributed by atoms with E-state index in [2.05, 4.69) is 220 Å². The molecule has 14 rings (SSSR count). The first-order chi connectivity index (χ1) is 31.8. The lowest BCUT2D eigenvalue weighted by atomic mass is 9.88. The van der Waals surface area contributed by atoms with Crippen molar-refractivity contribution in [3.8, 4) is 40.1 Å². The third-order valence-electron chi connectivity index (χ3n) is 13.4. The Balaban J connectivity index is 1.15. The second-order valence-corrected chi connectivity index (χ2v) is 16.7. The van der Waals surface area contributed by atoms with Crippen LogP contribution < -0.4 is 0 Å². The molecule has 4 aromatic heterocycles. The lowest BCUT2D eigenvalue weighted by Crippen LogP contribution is -2.11. The highest BCUT2D eigenvalue weighted by atomic mass is 15.3. The summed E-state index contributed by atoms with van der Waals surface area (Å²) < 4.78 is 7.00. The SMILES string of the molecule is c1ccc(-c2nc(-n3c4ccccc4c4ccc5c(c43)C(c3ccccc3)c3ccccc3-5)nc(-n3c4ccccc4c4ccc5c6ccccc6n(-c6ccccc6)c5c43)n2)cc1. The highest BCUT2D eigenvalue weighted by molar-refractivity contribution is 6.23. The summed E-state index contributed by atoms with van der Waals surface area (Å²) in [4.78, 5) is 16.6. The molecule has 4 heterocycles. The van der Waals surface area contributed by atoms with Gasteiger partial charge in [-0.15, -0.1) is 0 Å². The van der Waals surface area contributed by atoms with Crippen molar-refractivity contribution in [2.75, 3.05) is 0 Å². The molecule has 0 fully saturated rings. The van der Waals surface area contributed by atoms with E-state index >= 15 is 0 Å². The predicted octanol–water partition coefficient (Wildman–Crippen LogP) is 14.0. The fourth-order valence-corrected chi connectivity index (χ4v) is 10.8. The van der Waals surface area contributed by atoms with Crippen molar-refractivity contribution in [3.63, 3.8) is 0 Å². The standard InChI is InChI=1S/C58H36N6/c1-4-18-36(19-5-1)51-43-28-11-10-24-39(43)44-32-33-45-40-25-13-16-30-49(40)63(53(45)52(44)51)57-59-56(37-20-6-2-7-21-37)60-58(61-57)64-50-31-17-14-27-42(50)47-35-34-46-41-26-12-15-29-48(41)62(54(46)55(47)64)38-22-8-3-9-23-38/h1-35,51H. The Morgan fingerprint density at radius 2 is 0.797 bits per heavy atom. The number of benzene rings is 9. The van der Waals surface area contributed by atoms with Gasteiger partial charge in [-0.2, -0.15) is 15.0 Å². The van der Waals surface area contributed by atoms with Gasteiger partial charge >= 0.3 is 0 Å². The summed E-state index contributed by atoms with van der Waals surface area (Å²) in [6.07, 6.45) is 0. The molecule has 9 aromatic carbocycles. The van der Waals surface area contributed by atoms with Crippen molar-refractivity contribution in [1.82, 2.24) is 28.7 Å². The minimum atomic E-state index is 0.0135. The third kappa shape index (κ3) is 4.87. The van der Waals surface area contributed by atoms with Crippen molar-refractivity contribution in [1.29, 1.82) is 0 Å². The number of hydrogen-bond donors (Lipinski definition) is 0. The molecule has 1 atom stereocenters. The molecular formula is C58H36N6. The Morgan fingerprint density at radius 3 is 1.44 bits per heavy atom. The van der Waals surface area contributed by atoms with Gasteiger partial charge in [0, 0.05) is 49.5 Å². The fraction of sp³-hybridized carbons (Fsp3) is 0.0172. The highest BCUT2D eigenvalue weighted by Crippen LogP contribution is 2.52. The number of fused-ring (bicyclic) bond motifs is 14. The zero-order valence-corrected chi connectivity index (χ0v) is 34.5. The van der Waals surface area contributed by atoms with E-state index in [9.17, 15) is 0 Å². The summed E-state index contributed by atoms with van der Waals surface area (Å²) in [6.45, 7) is 0.